The Balaban J connectivity index is 3.11. The Hall–Kier alpha value is -1.30. The molecule has 0 bridgehead atoms. The summed E-state index contributed by atoms with van der Waals surface area (Å²) in [6.45, 7) is 0. The van der Waals surface area contributed by atoms with Crippen molar-refractivity contribution in [2.75, 3.05) is 6.26 Å². The fourth-order valence-electron chi connectivity index (χ4n) is 1.02. The second-order valence-electron chi connectivity index (χ2n) is 2.63. The highest BCUT2D eigenvalue weighted by atomic mass is 32.2. The minimum absolute atomic E-state index is 0.259. The first kappa shape index (κ1) is 9.79. The van der Waals surface area contributed by atoms with E-state index in [9.17, 15) is 13.2 Å². The van der Waals surface area contributed by atoms with Crippen molar-refractivity contribution in [2.45, 2.75) is 6.42 Å². The quantitative estimate of drug-likeness (QED) is 0.745. The highest BCUT2D eigenvalue weighted by Gasteiger charge is 2.11. The van der Waals surface area contributed by atoms with Crippen molar-refractivity contribution >= 4 is 16.0 Å². The molecule has 0 unspecified atom stereocenters. The molecular weight excluding hydrogens is 194 g/mol. The first-order valence-corrected chi connectivity index (χ1v) is 5.34. The van der Waals surface area contributed by atoms with Crippen LogP contribution in [0.2, 0.25) is 0 Å². The Kier molecular flexibility index (Phi) is 2.42. The van der Waals surface area contributed by atoms with Gasteiger partial charge in [0.05, 0.1) is 12.7 Å². The number of carboxylic acids is 1. The largest absolute Gasteiger partial charge is 0.481 e. The minimum atomic E-state index is -3.38. The van der Waals surface area contributed by atoms with E-state index in [1.807, 2.05) is 0 Å². The lowest BCUT2D eigenvalue weighted by Crippen LogP contribution is -2.14. The van der Waals surface area contributed by atoms with Gasteiger partial charge in [0.1, 0.15) is 0 Å². The van der Waals surface area contributed by atoms with Gasteiger partial charge in [0, 0.05) is 11.9 Å². The molecule has 72 valence electrons. The van der Waals surface area contributed by atoms with Gasteiger partial charge in [-0.25, -0.2) is 12.4 Å². The van der Waals surface area contributed by atoms with Gasteiger partial charge in [0.15, 0.2) is 0 Å². The van der Waals surface area contributed by atoms with Gasteiger partial charge < -0.3 is 5.11 Å². The van der Waals surface area contributed by atoms with Crippen molar-refractivity contribution in [3.63, 3.8) is 0 Å². The van der Waals surface area contributed by atoms with Crippen LogP contribution in [0.15, 0.2) is 18.3 Å². The topological polar surface area (TPSA) is 76.4 Å². The Morgan fingerprint density at radius 2 is 2.23 bits per heavy atom. The van der Waals surface area contributed by atoms with Crippen LogP contribution in [0.3, 0.4) is 0 Å². The number of hydrogen-bond acceptors (Lipinski definition) is 3. The standard InChI is InChI=1S/C7H9NO4S/c1-13(11,12)8-4-2-3-6(8)5-7(9)10/h2-4H,5H2,1H3,(H,9,10). The predicted molar refractivity (Wildman–Crippen MR) is 46.0 cm³/mol. The summed E-state index contributed by atoms with van der Waals surface area (Å²) in [5.41, 5.74) is 0.259. The van der Waals surface area contributed by atoms with E-state index >= 15 is 0 Å². The summed E-state index contributed by atoms with van der Waals surface area (Å²) in [7, 11) is -3.38. The highest BCUT2D eigenvalue weighted by molar-refractivity contribution is 7.89. The van der Waals surface area contributed by atoms with Gasteiger partial charge >= 0.3 is 5.97 Å². The molecular formula is C7H9NO4S. The molecule has 6 heteroatoms. The van der Waals surface area contributed by atoms with E-state index in [1.54, 1.807) is 0 Å². The molecule has 0 atom stereocenters. The third-order valence-corrected chi connectivity index (χ3v) is 2.55. The van der Waals surface area contributed by atoms with Crippen LogP contribution in [-0.4, -0.2) is 29.7 Å². The summed E-state index contributed by atoms with van der Waals surface area (Å²) in [6, 6.07) is 2.97. The number of carboxylic acid groups (broad SMARTS) is 1. The fraction of sp³-hybridized carbons (Fsp3) is 0.286. The van der Waals surface area contributed by atoms with Crippen LogP contribution in [0.25, 0.3) is 0 Å². The molecule has 0 aromatic carbocycles. The summed E-state index contributed by atoms with van der Waals surface area (Å²) in [4.78, 5) is 10.3. The van der Waals surface area contributed by atoms with Crippen molar-refractivity contribution in [1.29, 1.82) is 0 Å². The molecule has 0 radical (unpaired) electrons. The Morgan fingerprint density at radius 3 is 2.69 bits per heavy atom. The summed E-state index contributed by atoms with van der Waals surface area (Å²) in [5.74, 6) is -1.05. The van der Waals surface area contributed by atoms with E-state index in [1.165, 1.54) is 18.3 Å². The second-order valence-corrected chi connectivity index (χ2v) is 4.49. The van der Waals surface area contributed by atoms with Crippen molar-refractivity contribution in [2.24, 2.45) is 0 Å². The van der Waals surface area contributed by atoms with Gasteiger partial charge in [-0.15, -0.1) is 0 Å². The third kappa shape index (κ3) is 2.32. The van der Waals surface area contributed by atoms with Crippen LogP contribution >= 0.6 is 0 Å². The summed E-state index contributed by atoms with van der Waals surface area (Å²) in [5, 5.41) is 8.47. The molecule has 0 saturated carbocycles. The predicted octanol–water partition coefficient (Wildman–Crippen LogP) is -0.0771. The summed E-state index contributed by atoms with van der Waals surface area (Å²) in [6.07, 6.45) is 2.06. The van der Waals surface area contributed by atoms with Gasteiger partial charge in [-0.3, -0.25) is 4.79 Å². The van der Waals surface area contributed by atoms with Gasteiger partial charge in [0.2, 0.25) is 10.0 Å². The van der Waals surface area contributed by atoms with Crippen LogP contribution < -0.4 is 0 Å². The molecule has 1 aromatic rings. The van der Waals surface area contributed by atoms with Crippen molar-refractivity contribution in [1.82, 2.24) is 3.97 Å². The zero-order valence-electron chi connectivity index (χ0n) is 6.97. The minimum Gasteiger partial charge on any atom is -0.481 e. The summed E-state index contributed by atoms with van der Waals surface area (Å²) >= 11 is 0. The van der Waals surface area contributed by atoms with Crippen LogP contribution in [-0.2, 0) is 21.2 Å². The molecule has 0 aliphatic rings. The monoisotopic (exact) mass is 203 g/mol. The van der Waals surface area contributed by atoms with Crippen molar-refractivity contribution < 1.29 is 18.3 Å². The van der Waals surface area contributed by atoms with E-state index in [0.717, 1.165) is 10.2 Å². The molecule has 0 aliphatic heterocycles. The molecule has 0 amide bonds. The Bertz CT molecular complexity index is 417. The van der Waals surface area contributed by atoms with Crippen LogP contribution in [0.1, 0.15) is 5.69 Å². The highest BCUT2D eigenvalue weighted by Crippen LogP contribution is 2.06. The average molecular weight is 203 g/mol. The maximum Gasteiger partial charge on any atom is 0.309 e. The van der Waals surface area contributed by atoms with E-state index in [-0.39, 0.29) is 12.1 Å². The molecule has 0 spiro atoms. The molecule has 1 rings (SSSR count). The Morgan fingerprint density at radius 1 is 1.62 bits per heavy atom. The molecule has 13 heavy (non-hydrogen) atoms. The van der Waals surface area contributed by atoms with Gasteiger partial charge in [0.25, 0.3) is 0 Å². The molecule has 5 nitrogen and oxygen atoms in total. The van der Waals surface area contributed by atoms with Gasteiger partial charge in [-0.1, -0.05) is 0 Å². The third-order valence-electron chi connectivity index (χ3n) is 1.48. The number of rotatable bonds is 3. The van der Waals surface area contributed by atoms with Crippen molar-refractivity contribution in [3.05, 3.63) is 24.0 Å². The normalized spacial score (nSPS) is 11.5. The van der Waals surface area contributed by atoms with Crippen LogP contribution in [0.5, 0.6) is 0 Å². The number of nitrogens with zero attached hydrogens (tertiary/aromatic N) is 1. The molecule has 1 heterocycles. The molecule has 0 saturated heterocycles. The SMILES string of the molecule is CS(=O)(=O)n1cccc1CC(=O)O. The van der Waals surface area contributed by atoms with Crippen molar-refractivity contribution in [3.8, 4) is 0 Å². The fourth-order valence-corrected chi connectivity index (χ4v) is 1.86. The lowest BCUT2D eigenvalue weighted by molar-refractivity contribution is -0.136. The number of carbonyl (C=O) groups is 1. The molecule has 1 N–H and O–H groups in total. The zero-order chi connectivity index (χ0) is 10.1. The van der Waals surface area contributed by atoms with E-state index in [4.69, 9.17) is 5.11 Å². The number of hydrogen-bond donors (Lipinski definition) is 1. The molecule has 1 aromatic heterocycles. The first-order chi connectivity index (χ1) is 5.91. The maximum atomic E-state index is 11.1. The maximum absolute atomic E-state index is 11.1. The summed E-state index contributed by atoms with van der Waals surface area (Å²) < 4.78 is 23.1. The van der Waals surface area contributed by atoms with Crippen LogP contribution in [0.4, 0.5) is 0 Å². The van der Waals surface area contributed by atoms with Gasteiger partial charge in [-0.2, -0.15) is 0 Å². The second kappa shape index (κ2) is 3.21. The lowest BCUT2D eigenvalue weighted by Gasteiger charge is -2.03. The zero-order valence-corrected chi connectivity index (χ0v) is 7.78. The van der Waals surface area contributed by atoms with E-state index in [0.29, 0.717) is 0 Å². The van der Waals surface area contributed by atoms with Crippen LogP contribution in [0, 0.1) is 0 Å². The lowest BCUT2D eigenvalue weighted by atomic mass is 10.3. The molecule has 0 aliphatic carbocycles. The van der Waals surface area contributed by atoms with E-state index in [2.05, 4.69) is 0 Å². The average Bonchev–Trinajstić information content (AvgIpc) is 2.31. The molecule has 0 fully saturated rings. The van der Waals surface area contributed by atoms with E-state index < -0.39 is 16.0 Å². The van der Waals surface area contributed by atoms with Gasteiger partial charge in [-0.05, 0) is 12.1 Å². The number of aliphatic carboxylic acids is 1. The first-order valence-electron chi connectivity index (χ1n) is 3.50. The Labute approximate surface area is 75.7 Å². The smallest absolute Gasteiger partial charge is 0.309 e. The number of aromatic nitrogens is 1.